The predicted octanol–water partition coefficient (Wildman–Crippen LogP) is 1.41. The van der Waals surface area contributed by atoms with E-state index >= 15 is 0 Å². The van der Waals surface area contributed by atoms with Crippen LogP contribution in [0.15, 0.2) is 6.33 Å². The lowest BCUT2D eigenvalue weighted by Crippen LogP contribution is -2.13. The Morgan fingerprint density at radius 1 is 1.64 bits per heavy atom. The number of hydrogen-bond acceptors (Lipinski definition) is 3. The highest BCUT2D eigenvalue weighted by atomic mass is 16.5. The van der Waals surface area contributed by atoms with Crippen molar-refractivity contribution in [2.45, 2.75) is 45.3 Å². The number of ether oxygens (including phenoxy) is 1. The van der Waals surface area contributed by atoms with Crippen LogP contribution in [0.4, 0.5) is 0 Å². The second-order valence-corrected chi connectivity index (χ2v) is 3.78. The van der Waals surface area contributed by atoms with E-state index in [1.54, 1.807) is 0 Å². The topological polar surface area (TPSA) is 39.9 Å². The lowest BCUT2D eigenvalue weighted by atomic mass is 10.2. The summed E-state index contributed by atoms with van der Waals surface area (Å²) in [5.74, 6) is 1.07. The molecule has 2 rings (SSSR count). The Morgan fingerprint density at radius 2 is 2.57 bits per heavy atom. The van der Waals surface area contributed by atoms with Crippen molar-refractivity contribution < 1.29 is 4.74 Å². The van der Waals surface area contributed by atoms with Crippen molar-refractivity contribution >= 4 is 0 Å². The second-order valence-electron chi connectivity index (χ2n) is 3.78. The number of nitrogens with zero attached hydrogens (tertiary/aromatic N) is 3. The van der Waals surface area contributed by atoms with Gasteiger partial charge in [-0.1, -0.05) is 6.92 Å². The van der Waals surface area contributed by atoms with Crippen LogP contribution in [-0.4, -0.2) is 27.5 Å². The molecular weight excluding hydrogens is 178 g/mol. The average Bonchev–Trinajstić information content (AvgIpc) is 2.80. The normalized spacial score (nSPS) is 21.6. The summed E-state index contributed by atoms with van der Waals surface area (Å²) < 4.78 is 7.70. The third-order valence-electron chi connectivity index (χ3n) is 2.59. The van der Waals surface area contributed by atoms with Gasteiger partial charge in [-0.15, -0.1) is 10.2 Å². The molecule has 1 fully saturated rings. The molecule has 1 aliphatic heterocycles. The van der Waals surface area contributed by atoms with E-state index in [9.17, 15) is 0 Å². The Labute approximate surface area is 84.3 Å². The zero-order valence-corrected chi connectivity index (χ0v) is 8.65. The molecule has 4 nitrogen and oxygen atoms in total. The second kappa shape index (κ2) is 4.55. The van der Waals surface area contributed by atoms with Gasteiger partial charge in [0.15, 0.2) is 0 Å². The van der Waals surface area contributed by atoms with Gasteiger partial charge >= 0.3 is 0 Å². The summed E-state index contributed by atoms with van der Waals surface area (Å²) >= 11 is 0. The van der Waals surface area contributed by atoms with Crippen molar-refractivity contribution in [3.63, 3.8) is 0 Å². The average molecular weight is 195 g/mol. The van der Waals surface area contributed by atoms with Gasteiger partial charge in [0.1, 0.15) is 12.2 Å². The molecule has 4 heteroatoms. The summed E-state index contributed by atoms with van der Waals surface area (Å²) in [7, 11) is 0. The highest BCUT2D eigenvalue weighted by molar-refractivity contribution is 4.89. The fraction of sp³-hybridized carbons (Fsp3) is 0.800. The molecular formula is C10H17N3O. The van der Waals surface area contributed by atoms with Gasteiger partial charge in [0.25, 0.3) is 0 Å². The smallest absolute Gasteiger partial charge is 0.135 e. The van der Waals surface area contributed by atoms with Gasteiger partial charge in [0, 0.05) is 19.6 Å². The summed E-state index contributed by atoms with van der Waals surface area (Å²) in [5.41, 5.74) is 0. The molecule has 0 N–H and O–H groups in total. The molecule has 0 spiro atoms. The number of rotatable bonds is 4. The van der Waals surface area contributed by atoms with Gasteiger partial charge in [-0.25, -0.2) is 0 Å². The van der Waals surface area contributed by atoms with Crippen molar-refractivity contribution in [1.82, 2.24) is 14.8 Å². The van der Waals surface area contributed by atoms with E-state index in [-0.39, 0.29) is 0 Å². The van der Waals surface area contributed by atoms with Crippen molar-refractivity contribution in [3.8, 4) is 0 Å². The molecule has 0 aliphatic carbocycles. The number of aryl methyl sites for hydroxylation is 1. The van der Waals surface area contributed by atoms with E-state index in [0.717, 1.165) is 31.8 Å². The van der Waals surface area contributed by atoms with Crippen LogP contribution < -0.4 is 0 Å². The van der Waals surface area contributed by atoms with Crippen LogP contribution in [0.2, 0.25) is 0 Å². The SMILES string of the molecule is CCCn1cnnc1CC1CCCO1. The molecule has 0 bridgehead atoms. The lowest BCUT2D eigenvalue weighted by molar-refractivity contribution is 0.109. The summed E-state index contributed by atoms with van der Waals surface area (Å²) in [4.78, 5) is 0. The first-order chi connectivity index (χ1) is 6.90. The van der Waals surface area contributed by atoms with Crippen LogP contribution in [0, 0.1) is 0 Å². The van der Waals surface area contributed by atoms with Crippen LogP contribution in [0.5, 0.6) is 0 Å². The summed E-state index contributed by atoms with van der Waals surface area (Å²) in [6.45, 7) is 4.08. The van der Waals surface area contributed by atoms with Gasteiger partial charge in [-0.3, -0.25) is 0 Å². The molecule has 1 aromatic heterocycles. The van der Waals surface area contributed by atoms with Gasteiger partial charge in [-0.2, -0.15) is 0 Å². The van der Waals surface area contributed by atoms with Crippen LogP contribution >= 0.6 is 0 Å². The summed E-state index contributed by atoms with van der Waals surface area (Å²) in [5, 5.41) is 8.07. The van der Waals surface area contributed by atoms with Crippen molar-refractivity contribution in [2.75, 3.05) is 6.61 Å². The maximum Gasteiger partial charge on any atom is 0.135 e. The highest BCUT2D eigenvalue weighted by Gasteiger charge is 2.18. The molecule has 1 unspecified atom stereocenters. The van der Waals surface area contributed by atoms with E-state index < -0.39 is 0 Å². The summed E-state index contributed by atoms with van der Waals surface area (Å²) in [6.07, 6.45) is 6.57. The minimum absolute atomic E-state index is 0.370. The van der Waals surface area contributed by atoms with Crippen molar-refractivity contribution in [1.29, 1.82) is 0 Å². The first-order valence-electron chi connectivity index (χ1n) is 5.38. The fourth-order valence-corrected chi connectivity index (χ4v) is 1.87. The summed E-state index contributed by atoms with van der Waals surface area (Å²) in [6, 6.07) is 0. The molecule has 1 saturated heterocycles. The third-order valence-corrected chi connectivity index (χ3v) is 2.59. The molecule has 0 amide bonds. The Balaban J connectivity index is 1.96. The van der Waals surface area contributed by atoms with Crippen molar-refractivity contribution in [2.24, 2.45) is 0 Å². The maximum absolute atomic E-state index is 5.58. The Kier molecular flexibility index (Phi) is 3.14. The van der Waals surface area contributed by atoms with E-state index in [1.807, 2.05) is 6.33 Å². The van der Waals surface area contributed by atoms with E-state index in [0.29, 0.717) is 6.10 Å². The molecule has 1 aromatic rings. The molecule has 1 aliphatic rings. The number of hydrogen-bond donors (Lipinski definition) is 0. The zero-order valence-electron chi connectivity index (χ0n) is 8.65. The predicted molar refractivity (Wildman–Crippen MR) is 53.0 cm³/mol. The fourth-order valence-electron chi connectivity index (χ4n) is 1.87. The first-order valence-corrected chi connectivity index (χ1v) is 5.38. The van der Waals surface area contributed by atoms with E-state index in [1.165, 1.54) is 12.8 Å². The third kappa shape index (κ3) is 2.12. The Morgan fingerprint density at radius 3 is 3.29 bits per heavy atom. The largest absolute Gasteiger partial charge is 0.378 e. The maximum atomic E-state index is 5.58. The van der Waals surface area contributed by atoms with Gasteiger partial charge in [0.05, 0.1) is 6.10 Å². The molecule has 2 heterocycles. The molecule has 78 valence electrons. The zero-order chi connectivity index (χ0) is 9.80. The van der Waals surface area contributed by atoms with E-state index in [2.05, 4.69) is 21.7 Å². The highest BCUT2D eigenvalue weighted by Crippen LogP contribution is 2.15. The molecule has 0 radical (unpaired) electrons. The molecule has 14 heavy (non-hydrogen) atoms. The van der Waals surface area contributed by atoms with Gasteiger partial charge in [-0.05, 0) is 19.3 Å². The standard InChI is InChI=1S/C10H17N3O/c1-2-5-13-8-11-12-10(13)7-9-4-3-6-14-9/h8-9H,2-7H2,1H3. The lowest BCUT2D eigenvalue weighted by Gasteiger charge is -2.09. The first kappa shape index (κ1) is 9.65. The van der Waals surface area contributed by atoms with E-state index in [4.69, 9.17) is 4.74 Å². The monoisotopic (exact) mass is 195 g/mol. The Hall–Kier alpha value is -0.900. The van der Waals surface area contributed by atoms with Gasteiger partial charge < -0.3 is 9.30 Å². The minimum Gasteiger partial charge on any atom is -0.378 e. The van der Waals surface area contributed by atoms with Crippen LogP contribution in [0.1, 0.15) is 32.0 Å². The van der Waals surface area contributed by atoms with Crippen molar-refractivity contribution in [3.05, 3.63) is 12.2 Å². The van der Waals surface area contributed by atoms with Crippen LogP contribution in [0.25, 0.3) is 0 Å². The quantitative estimate of drug-likeness (QED) is 0.729. The Bertz CT molecular complexity index is 279. The molecule has 1 atom stereocenters. The molecule has 0 aromatic carbocycles. The minimum atomic E-state index is 0.370. The van der Waals surface area contributed by atoms with Crippen LogP contribution in [0.3, 0.4) is 0 Å². The van der Waals surface area contributed by atoms with Crippen LogP contribution in [-0.2, 0) is 17.7 Å². The molecule has 0 saturated carbocycles. The van der Waals surface area contributed by atoms with Gasteiger partial charge in [0.2, 0.25) is 0 Å². The number of aromatic nitrogens is 3.